The molecule has 2 unspecified atom stereocenters. The molecule has 2 heterocycles. The van der Waals surface area contributed by atoms with Gasteiger partial charge in [-0.25, -0.2) is 4.98 Å². The molecule has 1 aliphatic heterocycles. The van der Waals surface area contributed by atoms with Crippen LogP contribution in [0.2, 0.25) is 0 Å². The van der Waals surface area contributed by atoms with Gasteiger partial charge < -0.3 is 20.7 Å². The Labute approximate surface area is 161 Å². The van der Waals surface area contributed by atoms with Gasteiger partial charge in [-0.2, -0.15) is 0 Å². The summed E-state index contributed by atoms with van der Waals surface area (Å²) in [4.78, 5) is 34.8. The summed E-state index contributed by atoms with van der Waals surface area (Å²) < 4.78 is 0. The van der Waals surface area contributed by atoms with Crippen molar-refractivity contribution in [2.45, 2.75) is 30.7 Å². The fourth-order valence-corrected chi connectivity index (χ4v) is 4.84. The summed E-state index contributed by atoms with van der Waals surface area (Å²) >= 11 is 0. The summed E-state index contributed by atoms with van der Waals surface area (Å²) in [5, 5.41) is 9.91. The Hall–Kier alpha value is -3.35. The highest BCUT2D eigenvalue weighted by Gasteiger charge is 2.50. The van der Waals surface area contributed by atoms with E-state index in [0.717, 1.165) is 22.2 Å². The predicted octanol–water partition coefficient (Wildman–Crippen LogP) is 1.85. The van der Waals surface area contributed by atoms with E-state index in [1.807, 2.05) is 23.1 Å². The van der Waals surface area contributed by atoms with Gasteiger partial charge in [0.1, 0.15) is 5.75 Å². The van der Waals surface area contributed by atoms with Crippen molar-refractivity contribution >= 4 is 22.8 Å². The number of piperidine rings is 1. The Morgan fingerprint density at radius 1 is 1.25 bits per heavy atom. The highest BCUT2D eigenvalue weighted by Crippen LogP contribution is 2.46. The zero-order valence-electron chi connectivity index (χ0n) is 15.2. The molecular weight excluding hydrogens is 356 g/mol. The minimum absolute atomic E-state index is 0.0539. The standard InChI is InChI=1S/C21H20N4O3/c22-20(28)21-5-6-25(14(10-21)7-12-1-3-15(26)9-16(12)21)19(27)13-2-4-17-18(8-13)24-11-23-17/h1-4,8-9,11,14,26H,5-7,10H2,(H2,22,28)(H,23,24). The van der Waals surface area contributed by atoms with Gasteiger partial charge in [0.25, 0.3) is 5.91 Å². The summed E-state index contributed by atoms with van der Waals surface area (Å²) in [5.41, 5.74) is 8.99. The van der Waals surface area contributed by atoms with E-state index in [1.165, 1.54) is 0 Å². The third kappa shape index (κ3) is 2.32. The Bertz CT molecular complexity index is 1120. The van der Waals surface area contributed by atoms with Gasteiger partial charge in [0, 0.05) is 18.2 Å². The number of nitrogens with zero attached hydrogens (tertiary/aromatic N) is 2. The average molecular weight is 376 g/mol. The first-order chi connectivity index (χ1) is 13.5. The number of imidazole rings is 1. The van der Waals surface area contributed by atoms with Crippen LogP contribution >= 0.6 is 0 Å². The smallest absolute Gasteiger partial charge is 0.254 e. The van der Waals surface area contributed by atoms with E-state index in [2.05, 4.69) is 9.97 Å². The number of hydrogen-bond acceptors (Lipinski definition) is 4. The summed E-state index contributed by atoms with van der Waals surface area (Å²) in [6.07, 6.45) is 3.18. The van der Waals surface area contributed by atoms with Crippen LogP contribution in [0.25, 0.3) is 11.0 Å². The lowest BCUT2D eigenvalue weighted by atomic mass is 9.63. The van der Waals surface area contributed by atoms with Crippen molar-refractivity contribution in [3.05, 3.63) is 59.4 Å². The number of hydrogen-bond donors (Lipinski definition) is 3. The molecule has 3 aromatic rings. The van der Waals surface area contributed by atoms with Crippen LogP contribution in [-0.4, -0.2) is 44.4 Å². The number of aromatic nitrogens is 2. The van der Waals surface area contributed by atoms with E-state index in [1.54, 1.807) is 24.5 Å². The Kier molecular flexibility index (Phi) is 3.49. The quantitative estimate of drug-likeness (QED) is 0.633. The van der Waals surface area contributed by atoms with Gasteiger partial charge in [0.05, 0.1) is 22.8 Å². The molecule has 1 fully saturated rings. The number of phenolic OH excluding ortho intramolecular Hbond substituents is 1. The molecule has 1 aliphatic carbocycles. The van der Waals surface area contributed by atoms with Crippen molar-refractivity contribution in [2.24, 2.45) is 5.73 Å². The maximum Gasteiger partial charge on any atom is 0.254 e. The molecular formula is C21H20N4O3. The molecule has 0 radical (unpaired) electrons. The number of rotatable bonds is 2. The number of aromatic hydroxyl groups is 1. The summed E-state index contributed by atoms with van der Waals surface area (Å²) in [6.45, 7) is 0.447. The number of fused-ring (bicyclic) bond motifs is 5. The van der Waals surface area contributed by atoms with Gasteiger partial charge in [-0.05, 0) is 60.7 Å². The topological polar surface area (TPSA) is 112 Å². The van der Waals surface area contributed by atoms with Crippen molar-refractivity contribution in [3.63, 3.8) is 0 Å². The predicted molar refractivity (Wildman–Crippen MR) is 103 cm³/mol. The molecule has 0 saturated carbocycles. The van der Waals surface area contributed by atoms with Crippen molar-refractivity contribution in [1.29, 1.82) is 0 Å². The van der Waals surface area contributed by atoms with Gasteiger partial charge in [-0.3, -0.25) is 9.59 Å². The number of nitrogens with two attached hydrogens (primary N) is 1. The monoisotopic (exact) mass is 376 g/mol. The van der Waals surface area contributed by atoms with Crippen molar-refractivity contribution < 1.29 is 14.7 Å². The molecule has 7 nitrogen and oxygen atoms in total. The number of amides is 2. The maximum absolute atomic E-state index is 13.2. The third-order valence-electron chi connectivity index (χ3n) is 6.27. The molecule has 4 N–H and O–H groups in total. The number of nitrogens with one attached hydrogen (secondary N) is 1. The normalized spacial score (nSPS) is 23.4. The molecule has 2 atom stereocenters. The van der Waals surface area contributed by atoms with E-state index in [0.29, 0.717) is 31.4 Å². The van der Waals surface area contributed by atoms with Crippen molar-refractivity contribution in [2.75, 3.05) is 6.54 Å². The Morgan fingerprint density at radius 3 is 2.93 bits per heavy atom. The Morgan fingerprint density at radius 2 is 2.11 bits per heavy atom. The molecule has 2 aliphatic rings. The number of aromatic amines is 1. The first kappa shape index (κ1) is 16.8. The lowest BCUT2D eigenvalue weighted by Gasteiger charge is -2.49. The first-order valence-electron chi connectivity index (χ1n) is 9.34. The molecule has 7 heteroatoms. The minimum atomic E-state index is -0.832. The van der Waals surface area contributed by atoms with Crippen molar-refractivity contribution in [1.82, 2.24) is 14.9 Å². The molecule has 0 spiro atoms. The maximum atomic E-state index is 13.2. The van der Waals surface area contributed by atoms with Gasteiger partial charge >= 0.3 is 0 Å². The fraction of sp³-hybridized carbons (Fsp3) is 0.286. The Balaban J connectivity index is 1.52. The number of benzene rings is 2. The molecule has 2 amide bonds. The highest BCUT2D eigenvalue weighted by molar-refractivity contribution is 5.98. The molecule has 28 heavy (non-hydrogen) atoms. The lowest BCUT2D eigenvalue weighted by molar-refractivity contribution is -0.126. The van der Waals surface area contributed by atoms with Gasteiger partial charge in [-0.15, -0.1) is 0 Å². The highest BCUT2D eigenvalue weighted by atomic mass is 16.3. The van der Waals surface area contributed by atoms with Gasteiger partial charge in [0.15, 0.2) is 0 Å². The summed E-state index contributed by atoms with van der Waals surface area (Å²) in [7, 11) is 0. The number of phenols is 1. The zero-order chi connectivity index (χ0) is 19.5. The van der Waals surface area contributed by atoms with Crippen LogP contribution in [0.15, 0.2) is 42.7 Å². The summed E-state index contributed by atoms with van der Waals surface area (Å²) in [6, 6.07) is 10.4. The first-order valence-corrected chi connectivity index (χ1v) is 9.34. The van der Waals surface area contributed by atoms with E-state index in [-0.39, 0.29) is 17.7 Å². The summed E-state index contributed by atoms with van der Waals surface area (Å²) in [5.74, 6) is -0.319. The largest absolute Gasteiger partial charge is 0.508 e. The van der Waals surface area contributed by atoms with Crippen LogP contribution < -0.4 is 5.73 Å². The van der Waals surface area contributed by atoms with E-state index >= 15 is 0 Å². The molecule has 1 aromatic heterocycles. The van der Waals surface area contributed by atoms with E-state index < -0.39 is 11.3 Å². The van der Waals surface area contributed by atoms with Gasteiger partial charge in [-0.1, -0.05) is 6.07 Å². The van der Waals surface area contributed by atoms with Crippen LogP contribution in [0.1, 0.15) is 34.3 Å². The van der Waals surface area contributed by atoms with Crippen LogP contribution in [0, 0.1) is 0 Å². The number of likely N-dealkylation sites (tertiary alicyclic amines) is 1. The fourth-order valence-electron chi connectivity index (χ4n) is 4.84. The van der Waals surface area contributed by atoms with Crippen LogP contribution in [0.4, 0.5) is 0 Å². The minimum Gasteiger partial charge on any atom is -0.508 e. The number of H-pyrrole nitrogens is 1. The third-order valence-corrected chi connectivity index (χ3v) is 6.27. The average Bonchev–Trinajstić information content (AvgIpc) is 3.16. The van der Waals surface area contributed by atoms with E-state index in [9.17, 15) is 14.7 Å². The van der Waals surface area contributed by atoms with E-state index in [4.69, 9.17) is 5.73 Å². The second kappa shape index (κ2) is 5.82. The molecule has 5 rings (SSSR count). The number of primary amides is 1. The lowest BCUT2D eigenvalue weighted by Crippen LogP contribution is -2.59. The zero-order valence-corrected chi connectivity index (χ0v) is 15.2. The van der Waals surface area contributed by atoms with Crippen LogP contribution in [-0.2, 0) is 16.6 Å². The van der Waals surface area contributed by atoms with Gasteiger partial charge in [0.2, 0.25) is 5.91 Å². The molecule has 2 aromatic carbocycles. The second-order valence-corrected chi connectivity index (χ2v) is 7.73. The number of carbonyl (C=O) groups excluding carboxylic acids is 2. The molecule has 142 valence electrons. The SMILES string of the molecule is NC(=O)C12CCN(C(=O)c3ccc4nc[nH]c4c3)C(Cc3ccc(O)cc31)C2. The number of carbonyl (C=O) groups is 2. The van der Waals surface area contributed by atoms with Crippen LogP contribution in [0.3, 0.4) is 0 Å². The van der Waals surface area contributed by atoms with Crippen LogP contribution in [0.5, 0.6) is 5.75 Å². The molecule has 2 bridgehead atoms. The molecule has 1 saturated heterocycles. The van der Waals surface area contributed by atoms with Crippen molar-refractivity contribution in [3.8, 4) is 5.75 Å². The second-order valence-electron chi connectivity index (χ2n) is 7.73.